The molecule has 8 bridgehead atoms. The third-order valence-electron chi connectivity index (χ3n) is 20.1. The summed E-state index contributed by atoms with van der Waals surface area (Å²) in [5.74, 6) is 0. The molecule has 0 spiro atoms. The van der Waals surface area contributed by atoms with Crippen molar-refractivity contribution in [1.82, 2.24) is 0 Å². The second-order valence-corrected chi connectivity index (χ2v) is 54.4. The van der Waals surface area contributed by atoms with Crippen LogP contribution in [-0.2, 0) is 49.4 Å². The summed E-state index contributed by atoms with van der Waals surface area (Å²) in [6, 6.07) is 74.9. The molecule has 6 fully saturated rings. The number of hydrogen-bond donors (Lipinski definition) is 0. The van der Waals surface area contributed by atoms with Crippen LogP contribution in [0, 0.1) is 90.6 Å². The topological polar surface area (TPSA) is 400 Å². The highest BCUT2D eigenvalue weighted by molar-refractivity contribution is 7.03. The van der Waals surface area contributed by atoms with E-state index in [4.69, 9.17) is 89.3 Å². The van der Waals surface area contributed by atoms with E-state index in [-0.39, 0.29) is 152 Å². The SMILES string of the molecule is N#Cc1ccc(C=NCCC[Si]23O[Si]4(CCCN=Cc5ccc(C#N)cc5)O[Si]5(CCCN=Cc6ccc(C#N)cc6)O[Si](CCCN=Cc6ccc(C#N)cc6)(O2)O[Si]2(CCCN=Cc6ccc(C#N)cc6)O[Si](CCCN=Cc6ccc(C#N)cc6)(O3)O[Si](CCCN=Cc3ccc(C#N)cc3)(O4)O[Si](CCCN=Cc3ccc(C#N)cc3)(O5)O2)cc1. The summed E-state index contributed by atoms with van der Waals surface area (Å²) in [5.41, 5.74) is 10.2. The minimum Gasteiger partial charge on any atom is -0.373 e. The van der Waals surface area contributed by atoms with Crippen LogP contribution in [0.25, 0.3) is 0 Å². The van der Waals surface area contributed by atoms with Gasteiger partial charge in [0.1, 0.15) is 0 Å². The molecule has 8 aromatic carbocycles. The summed E-state index contributed by atoms with van der Waals surface area (Å²) in [7, 11) is -38.2. The van der Waals surface area contributed by atoms with Crippen molar-refractivity contribution in [2.24, 2.45) is 39.9 Å². The Bertz CT molecular complexity index is 4500. The maximum absolute atomic E-state index is 9.71. The first-order valence-electron chi connectivity index (χ1n) is 41.0. The molecule has 36 heteroatoms. The monoisotopic (exact) mass is 1780 g/mol. The minimum absolute atomic E-state index is 0.0484. The van der Waals surface area contributed by atoms with Crippen LogP contribution in [0.1, 0.15) is 140 Å². The Morgan fingerprint density at radius 3 is 0.355 bits per heavy atom. The number of nitrogens with zero attached hydrogens (tertiary/aromatic N) is 16. The molecule has 6 saturated heterocycles. The Morgan fingerprint density at radius 2 is 0.266 bits per heavy atom. The quantitative estimate of drug-likeness (QED) is 0.0195. The van der Waals surface area contributed by atoms with Crippen LogP contribution >= 0.6 is 0 Å². The maximum atomic E-state index is 9.71. The first-order chi connectivity index (χ1) is 60.6. The Hall–Kier alpha value is -11.7. The second kappa shape index (κ2) is 43.6. The smallest absolute Gasteiger partial charge is 0.373 e. The van der Waals surface area contributed by atoms with Gasteiger partial charge in [-0.2, -0.15) is 42.1 Å². The summed E-state index contributed by atoms with van der Waals surface area (Å²) in [4.78, 5) is 39.8. The number of benzene rings is 8. The molecular formula is C88H88N16O12Si8. The van der Waals surface area contributed by atoms with Gasteiger partial charge in [0, 0.05) is 150 Å². The van der Waals surface area contributed by atoms with E-state index in [1.807, 2.05) is 97.1 Å². The normalized spacial score (nSPS) is 23.8. The molecular weight excluding hydrogens is 1700 g/mol. The van der Waals surface area contributed by atoms with E-state index >= 15 is 0 Å². The van der Waals surface area contributed by atoms with Crippen molar-refractivity contribution in [3.8, 4) is 48.6 Å². The molecule has 0 N–H and O–H groups in total. The van der Waals surface area contributed by atoms with Crippen molar-refractivity contribution in [3.63, 3.8) is 0 Å². The van der Waals surface area contributed by atoms with Crippen molar-refractivity contribution >= 4 is 120 Å². The van der Waals surface area contributed by atoms with Gasteiger partial charge in [-0.15, -0.1) is 0 Å². The highest BCUT2D eigenvalue weighted by Crippen LogP contribution is 2.55. The summed E-state index contributed by atoms with van der Waals surface area (Å²) in [6.07, 6.45) is 16.2. The lowest BCUT2D eigenvalue weighted by atomic mass is 10.2. The third-order valence-corrected chi connectivity index (χ3v) is 57.7. The third kappa shape index (κ3) is 25.3. The van der Waals surface area contributed by atoms with Crippen molar-refractivity contribution in [1.29, 1.82) is 42.1 Å². The molecule has 0 atom stereocenters. The fourth-order valence-electron chi connectivity index (χ4n) is 14.2. The van der Waals surface area contributed by atoms with E-state index < -0.39 is 70.4 Å². The average molecular weight is 1790 g/mol. The van der Waals surface area contributed by atoms with Gasteiger partial charge in [-0.25, -0.2) is 0 Å². The van der Waals surface area contributed by atoms with Crippen LogP contribution in [0.3, 0.4) is 0 Å². The molecule has 0 aliphatic carbocycles. The van der Waals surface area contributed by atoms with Gasteiger partial charge in [-0.1, -0.05) is 97.1 Å². The number of hydrogen-bond acceptors (Lipinski definition) is 28. The number of nitriles is 8. The molecule has 0 aromatic heterocycles. The summed E-state index contributed by atoms with van der Waals surface area (Å²) in [5, 5.41) is 77.7. The van der Waals surface area contributed by atoms with E-state index in [1.165, 1.54) is 0 Å². The van der Waals surface area contributed by atoms with E-state index in [0.29, 0.717) is 44.5 Å². The largest absolute Gasteiger partial charge is 0.478 e. The van der Waals surface area contributed by atoms with E-state index in [9.17, 15) is 42.1 Å². The Balaban J connectivity index is 1.01. The predicted molar refractivity (Wildman–Crippen MR) is 483 cm³/mol. The van der Waals surface area contributed by atoms with Crippen LogP contribution in [0.5, 0.6) is 0 Å². The standard InChI is InChI=1S/C88H88N16O12Si8/c89-57-73-9-25-81(26-10-73)65-97-41-1-49-117-105-118(50-2-42-98-66-82-27-11-74(58-90)12-28-82)108-121(53-5-45-101-69-85-33-17-77(61-93)18-34-85)110-119(106-117,51-3-43-99-67-83-29-13-75(59-91)14-30-83)112-123(55-7-47-103-71-87-37-21-79(63-95)22-38-87)113-120(107-117,52-4-44-100-68-84-31-15-76(60-92)16-32-84)111-122(109-118,54-6-46-102-70-86-35-19-78(62-94)20-36-86)115-124(114-121,116-123)56-8-48-104-72-88-39-23-80(64-96)24-40-88/h9-40,65-72H,1-8,41-56H2. The van der Waals surface area contributed by atoms with Gasteiger partial charge in [-0.05, 0) is 193 Å². The molecule has 0 radical (unpaired) electrons. The Kier molecular flexibility index (Phi) is 31.6. The van der Waals surface area contributed by atoms with E-state index in [2.05, 4.69) is 48.6 Å². The summed E-state index contributed by atoms with van der Waals surface area (Å²) in [6.45, 7) is 1.76. The van der Waals surface area contributed by atoms with E-state index in [1.54, 1.807) is 147 Å². The summed E-state index contributed by atoms with van der Waals surface area (Å²) < 4.78 is 99.9. The fourth-order valence-corrected chi connectivity index (χ4v) is 64.4. The first-order valence-corrected chi connectivity index (χ1v) is 56.4. The van der Waals surface area contributed by atoms with Crippen molar-refractivity contribution in [2.75, 3.05) is 52.4 Å². The summed E-state index contributed by atoms with van der Waals surface area (Å²) >= 11 is 0. The van der Waals surface area contributed by atoms with Crippen LogP contribution < -0.4 is 0 Å². The molecule has 6 aliphatic rings. The van der Waals surface area contributed by atoms with Gasteiger partial charge in [-0.3, -0.25) is 39.9 Å². The molecule has 0 unspecified atom stereocenters. The highest BCUT2D eigenvalue weighted by Gasteiger charge is 2.83. The minimum atomic E-state index is -4.77. The molecule has 0 saturated carbocycles. The average Bonchev–Trinajstić information content (AvgIpc) is 0.685. The number of rotatable bonds is 40. The van der Waals surface area contributed by atoms with Crippen molar-refractivity contribution in [3.05, 3.63) is 283 Å². The van der Waals surface area contributed by atoms with Crippen molar-refractivity contribution < 1.29 is 49.4 Å². The lowest BCUT2D eigenvalue weighted by Gasteiger charge is -2.63. The zero-order valence-corrected chi connectivity index (χ0v) is 76.1. The second-order valence-electron chi connectivity index (χ2n) is 29.7. The van der Waals surface area contributed by atoms with E-state index in [0.717, 1.165) is 44.5 Å². The Morgan fingerprint density at radius 1 is 0.169 bits per heavy atom. The van der Waals surface area contributed by atoms with Gasteiger partial charge in [0.2, 0.25) is 0 Å². The van der Waals surface area contributed by atoms with Gasteiger partial charge < -0.3 is 49.4 Å². The molecule has 6 heterocycles. The zero-order valence-electron chi connectivity index (χ0n) is 68.1. The molecule has 14 rings (SSSR count). The van der Waals surface area contributed by atoms with Gasteiger partial charge in [0.15, 0.2) is 0 Å². The maximum Gasteiger partial charge on any atom is 0.478 e. The molecule has 8 aromatic rings. The molecule has 28 nitrogen and oxygen atoms in total. The number of aliphatic imine (C=N–C) groups is 8. The molecule has 0 amide bonds. The van der Waals surface area contributed by atoms with Gasteiger partial charge >= 0.3 is 70.4 Å². The van der Waals surface area contributed by atoms with Gasteiger partial charge in [0.05, 0.1) is 93.1 Å². The molecule has 124 heavy (non-hydrogen) atoms. The van der Waals surface area contributed by atoms with Crippen LogP contribution in [0.4, 0.5) is 0 Å². The van der Waals surface area contributed by atoms with Crippen LogP contribution in [-0.4, -0.2) is 173 Å². The highest BCUT2D eigenvalue weighted by atomic mass is 28.6. The van der Waals surface area contributed by atoms with Crippen molar-refractivity contribution in [2.45, 2.75) is 99.7 Å². The lowest BCUT2D eigenvalue weighted by molar-refractivity contribution is -0.0310. The first kappa shape index (κ1) is 90.0. The van der Waals surface area contributed by atoms with Crippen LogP contribution in [0.15, 0.2) is 234 Å². The zero-order chi connectivity index (χ0) is 86.3. The fraction of sp³-hybridized carbons (Fsp3) is 0.273. The predicted octanol–water partition coefficient (Wildman–Crippen LogP) is 14.8. The molecule has 6 aliphatic heterocycles. The van der Waals surface area contributed by atoms with Crippen LogP contribution in [0.2, 0.25) is 48.4 Å². The van der Waals surface area contributed by atoms with Gasteiger partial charge in [0.25, 0.3) is 0 Å². The lowest BCUT2D eigenvalue weighted by Crippen LogP contribution is -2.88. The molecule has 624 valence electrons. The Labute approximate surface area is 730 Å².